The number of rotatable bonds is 4. The molecule has 144 valence electrons. The van der Waals surface area contributed by atoms with Gasteiger partial charge in [0.25, 0.3) is 0 Å². The second-order valence-corrected chi connectivity index (χ2v) is 8.37. The van der Waals surface area contributed by atoms with Crippen molar-refractivity contribution in [2.75, 3.05) is 25.0 Å². The predicted molar refractivity (Wildman–Crippen MR) is 108 cm³/mol. The Labute approximate surface area is 168 Å². The number of nitrogens with zero attached hydrogens (tertiary/aromatic N) is 4. The number of piperidine rings is 1. The molecular formula is C19H23ClN4O2S. The molecule has 2 amide bonds. The lowest BCUT2D eigenvalue weighted by molar-refractivity contribution is -0.137. The quantitative estimate of drug-likeness (QED) is 0.776. The van der Waals surface area contributed by atoms with Crippen LogP contribution >= 0.6 is 22.9 Å². The van der Waals surface area contributed by atoms with Gasteiger partial charge in [0.2, 0.25) is 11.8 Å². The number of pyridine rings is 1. The number of carbonyl (C=O) groups is 2. The van der Waals surface area contributed by atoms with E-state index in [1.807, 2.05) is 26.0 Å². The van der Waals surface area contributed by atoms with E-state index in [-0.39, 0.29) is 23.7 Å². The SMILES string of the molecule is CC(C)C(=O)N1CCCC(C(=O)N(C)c2sc(-c3cccnc3)nc2Cl)C1. The van der Waals surface area contributed by atoms with Crippen molar-refractivity contribution in [3.05, 3.63) is 29.7 Å². The number of likely N-dealkylation sites (tertiary alicyclic amines) is 1. The van der Waals surface area contributed by atoms with Crippen molar-refractivity contribution in [2.24, 2.45) is 11.8 Å². The smallest absolute Gasteiger partial charge is 0.232 e. The second kappa shape index (κ2) is 8.35. The minimum absolute atomic E-state index is 0.0282. The number of anilines is 1. The van der Waals surface area contributed by atoms with Gasteiger partial charge < -0.3 is 9.80 Å². The lowest BCUT2D eigenvalue weighted by Gasteiger charge is -2.34. The van der Waals surface area contributed by atoms with Crippen LogP contribution in [0.4, 0.5) is 5.00 Å². The summed E-state index contributed by atoms with van der Waals surface area (Å²) in [4.78, 5) is 37.2. The highest BCUT2D eigenvalue weighted by Crippen LogP contribution is 2.37. The van der Waals surface area contributed by atoms with E-state index in [4.69, 9.17) is 11.6 Å². The maximum atomic E-state index is 13.0. The van der Waals surface area contributed by atoms with Gasteiger partial charge in [0.15, 0.2) is 5.15 Å². The minimum Gasteiger partial charge on any atom is -0.342 e. The average molecular weight is 407 g/mol. The largest absolute Gasteiger partial charge is 0.342 e. The molecule has 2 aromatic rings. The molecule has 1 aliphatic rings. The molecule has 1 unspecified atom stereocenters. The summed E-state index contributed by atoms with van der Waals surface area (Å²) in [6.07, 6.45) is 5.02. The fourth-order valence-corrected chi connectivity index (χ4v) is 4.52. The topological polar surface area (TPSA) is 66.4 Å². The first-order valence-corrected chi connectivity index (χ1v) is 10.2. The maximum Gasteiger partial charge on any atom is 0.232 e. The van der Waals surface area contributed by atoms with Crippen LogP contribution < -0.4 is 4.90 Å². The highest BCUT2D eigenvalue weighted by molar-refractivity contribution is 7.19. The monoisotopic (exact) mass is 406 g/mol. The average Bonchev–Trinajstić information content (AvgIpc) is 3.08. The van der Waals surface area contributed by atoms with Gasteiger partial charge >= 0.3 is 0 Å². The van der Waals surface area contributed by atoms with Crippen LogP contribution in [0.2, 0.25) is 5.15 Å². The van der Waals surface area contributed by atoms with Crippen molar-refractivity contribution in [3.8, 4) is 10.6 Å². The molecule has 0 spiro atoms. The highest BCUT2D eigenvalue weighted by Gasteiger charge is 2.32. The van der Waals surface area contributed by atoms with E-state index < -0.39 is 0 Å². The molecular weight excluding hydrogens is 384 g/mol. The van der Waals surface area contributed by atoms with Crippen LogP contribution in [0.15, 0.2) is 24.5 Å². The van der Waals surface area contributed by atoms with Crippen LogP contribution in [0.1, 0.15) is 26.7 Å². The molecule has 0 saturated carbocycles. The summed E-state index contributed by atoms with van der Waals surface area (Å²) in [5.74, 6) is -0.203. The highest BCUT2D eigenvalue weighted by atomic mass is 35.5. The van der Waals surface area contributed by atoms with Crippen molar-refractivity contribution in [1.82, 2.24) is 14.9 Å². The van der Waals surface area contributed by atoms with Gasteiger partial charge in [-0.15, -0.1) is 0 Å². The molecule has 2 aromatic heterocycles. The van der Waals surface area contributed by atoms with E-state index in [2.05, 4.69) is 9.97 Å². The normalized spacial score (nSPS) is 17.2. The molecule has 0 radical (unpaired) electrons. The van der Waals surface area contributed by atoms with Gasteiger partial charge in [0.05, 0.1) is 5.92 Å². The Hall–Kier alpha value is -1.99. The van der Waals surface area contributed by atoms with Crippen molar-refractivity contribution < 1.29 is 9.59 Å². The number of halogens is 1. The lowest BCUT2D eigenvalue weighted by atomic mass is 9.95. The first-order chi connectivity index (χ1) is 12.9. The first-order valence-electron chi connectivity index (χ1n) is 9.01. The Morgan fingerprint density at radius 3 is 2.85 bits per heavy atom. The van der Waals surface area contributed by atoms with Gasteiger partial charge in [-0.3, -0.25) is 14.6 Å². The number of hydrogen-bond donors (Lipinski definition) is 0. The molecule has 0 aliphatic carbocycles. The van der Waals surface area contributed by atoms with Crippen molar-refractivity contribution in [3.63, 3.8) is 0 Å². The second-order valence-electron chi connectivity index (χ2n) is 7.03. The van der Waals surface area contributed by atoms with E-state index >= 15 is 0 Å². The number of thiazole rings is 1. The fraction of sp³-hybridized carbons (Fsp3) is 0.474. The van der Waals surface area contributed by atoms with Crippen LogP contribution in [0, 0.1) is 11.8 Å². The number of hydrogen-bond acceptors (Lipinski definition) is 5. The Bertz CT molecular complexity index is 824. The van der Waals surface area contributed by atoms with Gasteiger partial charge in [0.1, 0.15) is 10.0 Å². The molecule has 1 atom stereocenters. The maximum absolute atomic E-state index is 13.0. The number of aromatic nitrogens is 2. The third-order valence-corrected chi connectivity index (χ3v) is 6.25. The van der Waals surface area contributed by atoms with Gasteiger partial charge in [-0.25, -0.2) is 4.98 Å². The molecule has 0 bridgehead atoms. The summed E-state index contributed by atoms with van der Waals surface area (Å²) in [7, 11) is 1.72. The zero-order valence-corrected chi connectivity index (χ0v) is 17.3. The Morgan fingerprint density at radius 1 is 1.41 bits per heavy atom. The minimum atomic E-state index is -0.216. The van der Waals surface area contributed by atoms with Crippen molar-refractivity contribution in [2.45, 2.75) is 26.7 Å². The summed E-state index contributed by atoms with van der Waals surface area (Å²) < 4.78 is 0. The van der Waals surface area contributed by atoms with Crippen molar-refractivity contribution >= 4 is 39.8 Å². The van der Waals surface area contributed by atoms with E-state index in [9.17, 15) is 9.59 Å². The van der Waals surface area contributed by atoms with Crippen LogP contribution in [-0.4, -0.2) is 46.8 Å². The molecule has 1 fully saturated rings. The zero-order chi connectivity index (χ0) is 19.6. The van der Waals surface area contributed by atoms with E-state index in [1.54, 1.807) is 29.2 Å². The zero-order valence-electron chi connectivity index (χ0n) is 15.7. The van der Waals surface area contributed by atoms with E-state index in [0.717, 1.165) is 30.0 Å². The molecule has 0 N–H and O–H groups in total. The summed E-state index contributed by atoms with van der Waals surface area (Å²) in [6.45, 7) is 4.96. The van der Waals surface area contributed by atoms with Gasteiger partial charge in [-0.2, -0.15) is 0 Å². The Morgan fingerprint density at radius 2 is 2.19 bits per heavy atom. The Balaban J connectivity index is 1.75. The van der Waals surface area contributed by atoms with Gasteiger partial charge in [-0.1, -0.05) is 36.8 Å². The predicted octanol–water partition coefficient (Wildman–Crippen LogP) is 3.72. The molecule has 6 nitrogen and oxygen atoms in total. The summed E-state index contributed by atoms with van der Waals surface area (Å²) in [6, 6.07) is 3.74. The third kappa shape index (κ3) is 4.30. The molecule has 0 aromatic carbocycles. The number of carbonyl (C=O) groups excluding carboxylic acids is 2. The molecule has 1 saturated heterocycles. The lowest BCUT2D eigenvalue weighted by Crippen LogP contribution is -2.47. The molecule has 1 aliphatic heterocycles. The summed E-state index contributed by atoms with van der Waals surface area (Å²) in [5.41, 5.74) is 0.864. The van der Waals surface area contributed by atoms with Crippen LogP contribution in [-0.2, 0) is 9.59 Å². The van der Waals surface area contributed by atoms with Crippen LogP contribution in [0.3, 0.4) is 0 Å². The van der Waals surface area contributed by atoms with E-state index in [0.29, 0.717) is 16.7 Å². The fourth-order valence-electron chi connectivity index (χ4n) is 3.23. The molecule has 3 heterocycles. The molecule has 8 heteroatoms. The summed E-state index contributed by atoms with van der Waals surface area (Å²) in [5, 5.41) is 1.65. The third-order valence-electron chi connectivity index (χ3n) is 4.69. The van der Waals surface area contributed by atoms with E-state index in [1.165, 1.54) is 11.3 Å². The number of amides is 2. The Kier molecular flexibility index (Phi) is 6.11. The summed E-state index contributed by atoms with van der Waals surface area (Å²) >= 11 is 7.68. The van der Waals surface area contributed by atoms with Crippen LogP contribution in [0.25, 0.3) is 10.6 Å². The molecule has 27 heavy (non-hydrogen) atoms. The first kappa shape index (κ1) is 19.8. The molecule has 3 rings (SSSR count). The van der Waals surface area contributed by atoms with Gasteiger partial charge in [0, 0.05) is 44.0 Å². The van der Waals surface area contributed by atoms with Gasteiger partial charge in [-0.05, 0) is 25.0 Å². The van der Waals surface area contributed by atoms with Crippen LogP contribution in [0.5, 0.6) is 0 Å². The standard InChI is InChI=1S/C19H23ClN4O2S/c1-12(2)17(25)24-9-5-7-14(11-24)18(26)23(3)19-15(20)22-16(27-19)13-6-4-8-21-10-13/h4,6,8,10,12,14H,5,7,9,11H2,1-3H3. The van der Waals surface area contributed by atoms with Crippen molar-refractivity contribution in [1.29, 1.82) is 0 Å².